The van der Waals surface area contributed by atoms with E-state index in [9.17, 15) is 4.39 Å². The fraction of sp³-hybridized carbons (Fsp3) is 0.350. The standard InChI is InChI=1S/C20H26FN3O.HI/c1-3-25-15-18-6-4-17(5-7-18)14-24-20(22-2)23-13-12-16-8-10-19(21)11-9-16;/h4-11H,3,12-15H2,1-2H3,(H2,22,23,24);1H. The SMILES string of the molecule is CCOCc1ccc(CNC(=NC)NCCc2ccc(F)cc2)cc1.I. The largest absolute Gasteiger partial charge is 0.377 e. The maximum atomic E-state index is 12.9. The van der Waals surface area contributed by atoms with E-state index in [2.05, 4.69) is 39.9 Å². The molecule has 0 fully saturated rings. The monoisotopic (exact) mass is 471 g/mol. The predicted molar refractivity (Wildman–Crippen MR) is 115 cm³/mol. The molecule has 0 aromatic heterocycles. The average molecular weight is 471 g/mol. The van der Waals surface area contributed by atoms with Crippen LogP contribution in [0.3, 0.4) is 0 Å². The summed E-state index contributed by atoms with van der Waals surface area (Å²) in [7, 11) is 1.75. The van der Waals surface area contributed by atoms with Crippen LogP contribution in [-0.4, -0.2) is 26.2 Å². The lowest BCUT2D eigenvalue weighted by Crippen LogP contribution is -2.37. The third-order valence-corrected chi connectivity index (χ3v) is 3.80. The van der Waals surface area contributed by atoms with Crippen molar-refractivity contribution in [2.75, 3.05) is 20.2 Å². The van der Waals surface area contributed by atoms with Crippen LogP contribution in [0.25, 0.3) is 0 Å². The van der Waals surface area contributed by atoms with Crippen LogP contribution >= 0.6 is 24.0 Å². The van der Waals surface area contributed by atoms with Crippen molar-refractivity contribution in [2.24, 2.45) is 4.99 Å². The normalized spacial score (nSPS) is 11.0. The summed E-state index contributed by atoms with van der Waals surface area (Å²) in [5, 5.41) is 6.56. The number of aliphatic imine (C=N–C) groups is 1. The summed E-state index contributed by atoms with van der Waals surface area (Å²) >= 11 is 0. The van der Waals surface area contributed by atoms with Gasteiger partial charge in [-0.15, -0.1) is 24.0 Å². The van der Waals surface area contributed by atoms with Gasteiger partial charge in [0.2, 0.25) is 0 Å². The van der Waals surface area contributed by atoms with Crippen LogP contribution < -0.4 is 10.6 Å². The third-order valence-electron chi connectivity index (χ3n) is 3.80. The van der Waals surface area contributed by atoms with Crippen molar-refractivity contribution in [3.8, 4) is 0 Å². The summed E-state index contributed by atoms with van der Waals surface area (Å²) in [6.45, 7) is 4.80. The van der Waals surface area contributed by atoms with Crippen molar-refractivity contribution in [3.05, 3.63) is 71.0 Å². The van der Waals surface area contributed by atoms with Gasteiger partial charge in [-0.2, -0.15) is 0 Å². The highest BCUT2D eigenvalue weighted by Gasteiger charge is 2.00. The Hall–Kier alpha value is -1.67. The van der Waals surface area contributed by atoms with E-state index in [1.807, 2.05) is 6.92 Å². The minimum Gasteiger partial charge on any atom is -0.377 e. The van der Waals surface area contributed by atoms with Gasteiger partial charge in [-0.1, -0.05) is 36.4 Å². The van der Waals surface area contributed by atoms with Crippen LogP contribution in [0.5, 0.6) is 0 Å². The molecular formula is C20H27FIN3O. The lowest BCUT2D eigenvalue weighted by Gasteiger charge is -2.12. The van der Waals surface area contributed by atoms with Crippen LogP contribution in [0.2, 0.25) is 0 Å². The fourth-order valence-corrected chi connectivity index (χ4v) is 2.36. The number of rotatable bonds is 8. The number of hydrogen-bond acceptors (Lipinski definition) is 2. The van der Waals surface area contributed by atoms with Gasteiger partial charge in [-0.05, 0) is 42.2 Å². The molecule has 0 aliphatic carbocycles. The topological polar surface area (TPSA) is 45.6 Å². The molecule has 2 aromatic carbocycles. The van der Waals surface area contributed by atoms with E-state index in [1.165, 1.54) is 23.3 Å². The number of halogens is 2. The number of nitrogens with one attached hydrogen (secondary N) is 2. The van der Waals surface area contributed by atoms with Crippen LogP contribution in [0.15, 0.2) is 53.5 Å². The van der Waals surface area contributed by atoms with Gasteiger partial charge in [-0.25, -0.2) is 4.39 Å². The molecule has 2 rings (SSSR count). The Bertz CT molecular complexity index is 660. The number of guanidine groups is 1. The summed E-state index contributed by atoms with van der Waals surface area (Å²) in [5.74, 6) is 0.543. The highest BCUT2D eigenvalue weighted by atomic mass is 127. The number of ether oxygens (including phenoxy) is 1. The van der Waals surface area contributed by atoms with Crippen LogP contribution in [0.1, 0.15) is 23.6 Å². The van der Waals surface area contributed by atoms with E-state index < -0.39 is 0 Å². The Morgan fingerprint density at radius 3 is 2.19 bits per heavy atom. The van der Waals surface area contributed by atoms with E-state index in [0.29, 0.717) is 13.2 Å². The Morgan fingerprint density at radius 1 is 0.962 bits per heavy atom. The third kappa shape index (κ3) is 8.14. The van der Waals surface area contributed by atoms with Crippen LogP contribution in [0.4, 0.5) is 4.39 Å². The Balaban J connectivity index is 0.00000338. The molecule has 6 heteroatoms. The highest BCUT2D eigenvalue weighted by Crippen LogP contribution is 2.06. The van der Waals surface area contributed by atoms with Crippen molar-refractivity contribution in [2.45, 2.75) is 26.5 Å². The maximum Gasteiger partial charge on any atom is 0.191 e. The first-order valence-electron chi connectivity index (χ1n) is 8.55. The number of nitrogens with zero attached hydrogens (tertiary/aromatic N) is 1. The van der Waals surface area contributed by atoms with Crippen molar-refractivity contribution in [1.29, 1.82) is 0 Å². The van der Waals surface area contributed by atoms with Gasteiger partial charge in [-0.3, -0.25) is 4.99 Å². The first-order valence-corrected chi connectivity index (χ1v) is 8.55. The smallest absolute Gasteiger partial charge is 0.191 e. The predicted octanol–water partition coefficient (Wildman–Crippen LogP) is 3.89. The zero-order valence-electron chi connectivity index (χ0n) is 15.3. The molecule has 142 valence electrons. The summed E-state index contributed by atoms with van der Waals surface area (Å²) in [6, 6.07) is 14.9. The molecule has 4 nitrogen and oxygen atoms in total. The van der Waals surface area contributed by atoms with Crippen LogP contribution in [-0.2, 0) is 24.3 Å². The second-order valence-electron chi connectivity index (χ2n) is 5.68. The summed E-state index contributed by atoms with van der Waals surface area (Å²) in [5.41, 5.74) is 3.45. The Labute approximate surface area is 172 Å². The molecular weight excluding hydrogens is 444 g/mol. The lowest BCUT2D eigenvalue weighted by molar-refractivity contribution is 0.134. The minimum absolute atomic E-state index is 0. The molecule has 0 aliphatic heterocycles. The van der Waals surface area contributed by atoms with E-state index in [1.54, 1.807) is 19.2 Å². The highest BCUT2D eigenvalue weighted by molar-refractivity contribution is 14.0. The van der Waals surface area contributed by atoms with Crippen molar-refractivity contribution < 1.29 is 9.13 Å². The maximum absolute atomic E-state index is 12.9. The second-order valence-corrected chi connectivity index (χ2v) is 5.68. The van der Waals surface area contributed by atoms with Gasteiger partial charge < -0.3 is 15.4 Å². The van der Waals surface area contributed by atoms with Crippen molar-refractivity contribution >= 4 is 29.9 Å². The molecule has 0 saturated heterocycles. The summed E-state index contributed by atoms with van der Waals surface area (Å²) in [6.07, 6.45) is 0.813. The number of benzene rings is 2. The number of hydrogen-bond donors (Lipinski definition) is 2. The van der Waals surface area contributed by atoms with Gasteiger partial charge in [0, 0.05) is 26.7 Å². The molecule has 0 aliphatic rings. The van der Waals surface area contributed by atoms with E-state index in [-0.39, 0.29) is 29.8 Å². The molecule has 0 saturated carbocycles. The zero-order chi connectivity index (χ0) is 17.9. The molecule has 0 heterocycles. The zero-order valence-corrected chi connectivity index (χ0v) is 17.6. The molecule has 0 unspecified atom stereocenters. The van der Waals surface area contributed by atoms with Gasteiger partial charge in [0.25, 0.3) is 0 Å². The van der Waals surface area contributed by atoms with Crippen molar-refractivity contribution in [3.63, 3.8) is 0 Å². The van der Waals surface area contributed by atoms with E-state index >= 15 is 0 Å². The van der Waals surface area contributed by atoms with Gasteiger partial charge in [0.1, 0.15) is 5.82 Å². The minimum atomic E-state index is -0.207. The lowest BCUT2D eigenvalue weighted by atomic mass is 10.1. The average Bonchev–Trinajstić information content (AvgIpc) is 2.65. The van der Waals surface area contributed by atoms with Crippen LogP contribution in [0, 0.1) is 5.82 Å². The fourth-order valence-electron chi connectivity index (χ4n) is 2.36. The van der Waals surface area contributed by atoms with E-state index in [0.717, 1.165) is 31.1 Å². The molecule has 0 bridgehead atoms. The van der Waals surface area contributed by atoms with Gasteiger partial charge >= 0.3 is 0 Å². The molecule has 0 spiro atoms. The first kappa shape index (κ1) is 22.4. The summed E-state index contributed by atoms with van der Waals surface area (Å²) in [4.78, 5) is 4.22. The summed E-state index contributed by atoms with van der Waals surface area (Å²) < 4.78 is 18.3. The van der Waals surface area contributed by atoms with Crippen molar-refractivity contribution in [1.82, 2.24) is 10.6 Å². The van der Waals surface area contributed by atoms with E-state index in [4.69, 9.17) is 4.74 Å². The van der Waals surface area contributed by atoms with Gasteiger partial charge in [0.15, 0.2) is 5.96 Å². The first-order chi connectivity index (χ1) is 12.2. The second kappa shape index (κ2) is 12.6. The quantitative estimate of drug-likeness (QED) is 0.349. The molecule has 26 heavy (non-hydrogen) atoms. The van der Waals surface area contributed by atoms with Gasteiger partial charge in [0.05, 0.1) is 6.61 Å². The molecule has 2 N–H and O–H groups in total. The molecule has 0 radical (unpaired) electrons. The molecule has 0 amide bonds. The molecule has 0 atom stereocenters. The molecule has 2 aromatic rings. The Kier molecular flexibility index (Phi) is 10.9. The Morgan fingerprint density at radius 2 is 1.58 bits per heavy atom.